The fourth-order valence-electron chi connectivity index (χ4n) is 8.52. The molecule has 6 saturated carbocycles. The number of fused-ring (bicyclic) bond motifs is 1. The molecule has 2 bridgehead atoms. The van der Waals surface area contributed by atoms with Crippen LogP contribution in [0.4, 0.5) is 0 Å². The van der Waals surface area contributed by atoms with E-state index in [4.69, 9.17) is 0 Å². The first kappa shape index (κ1) is 8.74. The summed E-state index contributed by atoms with van der Waals surface area (Å²) >= 11 is 0. The van der Waals surface area contributed by atoms with E-state index >= 15 is 0 Å². The van der Waals surface area contributed by atoms with E-state index < -0.39 is 0 Å². The van der Waals surface area contributed by atoms with Gasteiger partial charge in [0.25, 0.3) is 0 Å². The van der Waals surface area contributed by atoms with E-state index in [0.717, 1.165) is 53.8 Å². The average Bonchev–Trinajstić information content (AvgIpc) is 3.07. The van der Waals surface area contributed by atoms with Gasteiger partial charge in [0, 0.05) is 5.41 Å². The van der Waals surface area contributed by atoms with Crippen molar-refractivity contribution in [2.24, 2.45) is 58.2 Å². The van der Waals surface area contributed by atoms with E-state index in [1.807, 2.05) is 0 Å². The quantitative estimate of drug-likeness (QED) is 0.631. The maximum atomic E-state index is 10.1. The Kier molecular flexibility index (Phi) is 1.00. The lowest BCUT2D eigenvalue weighted by Gasteiger charge is -2.55. The van der Waals surface area contributed by atoms with Gasteiger partial charge in [-0.2, -0.15) is 0 Å². The summed E-state index contributed by atoms with van der Waals surface area (Å²) in [6, 6.07) is 0. The van der Waals surface area contributed by atoms with Gasteiger partial charge < -0.3 is 5.11 Å². The lowest BCUT2D eigenvalue weighted by molar-refractivity contribution is -0.0704. The van der Waals surface area contributed by atoms with Crippen molar-refractivity contribution < 1.29 is 5.11 Å². The molecule has 7 aliphatic rings. The summed E-state index contributed by atoms with van der Waals surface area (Å²) in [5.41, 5.74) is 1.18. The molecule has 1 N–H and O–H groups in total. The molecule has 11 atom stereocenters. The van der Waals surface area contributed by atoms with Gasteiger partial charge in [-0.05, 0) is 59.2 Å². The van der Waals surface area contributed by atoms with Gasteiger partial charge in [0.05, 0.1) is 6.10 Å². The van der Waals surface area contributed by atoms with Gasteiger partial charge in [0.2, 0.25) is 0 Å². The zero-order valence-electron chi connectivity index (χ0n) is 10.5. The summed E-state index contributed by atoms with van der Waals surface area (Å²) < 4.78 is 0. The first-order valence-corrected chi connectivity index (χ1v) is 7.53. The molecule has 0 amide bonds. The lowest BCUT2D eigenvalue weighted by atomic mass is 9.49. The molecule has 90 valence electrons. The van der Waals surface area contributed by atoms with E-state index in [-0.39, 0.29) is 6.10 Å². The van der Waals surface area contributed by atoms with Crippen LogP contribution in [0.2, 0.25) is 0 Å². The smallest absolute Gasteiger partial charge is 0.0726 e. The SMILES string of the molecule is C[C@@H]1[C@H](C)[C@H]2[C@@H]3[C@@H]4[C@@H]3[C@@H]3[C@]5(C=C[C@H](O)C[C@@]235)[C@@H]14. The summed E-state index contributed by atoms with van der Waals surface area (Å²) in [6.07, 6.45) is 5.60. The molecule has 0 heterocycles. The van der Waals surface area contributed by atoms with Gasteiger partial charge in [-0.15, -0.1) is 0 Å². The Morgan fingerprint density at radius 2 is 1.76 bits per heavy atom. The molecule has 0 aliphatic heterocycles. The average molecular weight is 228 g/mol. The van der Waals surface area contributed by atoms with E-state index in [1.165, 1.54) is 0 Å². The molecular formula is C16H20O. The predicted octanol–water partition coefficient (Wildman–Crippen LogP) is 2.32. The molecule has 0 aromatic heterocycles. The van der Waals surface area contributed by atoms with E-state index in [9.17, 15) is 5.11 Å². The molecule has 1 nitrogen and oxygen atoms in total. The summed E-state index contributed by atoms with van der Waals surface area (Å²) in [5.74, 6) is 8.12. The Morgan fingerprint density at radius 3 is 2.59 bits per heavy atom. The van der Waals surface area contributed by atoms with Crippen LogP contribution in [0.3, 0.4) is 0 Å². The highest BCUT2D eigenvalue weighted by molar-refractivity contribution is 5.52. The molecular weight excluding hydrogens is 208 g/mol. The minimum atomic E-state index is -0.133. The van der Waals surface area contributed by atoms with Crippen LogP contribution < -0.4 is 0 Å². The van der Waals surface area contributed by atoms with Gasteiger partial charge in [-0.25, -0.2) is 0 Å². The van der Waals surface area contributed by atoms with Crippen molar-refractivity contribution in [1.82, 2.24) is 0 Å². The molecule has 0 aromatic rings. The van der Waals surface area contributed by atoms with Crippen LogP contribution in [0.5, 0.6) is 0 Å². The van der Waals surface area contributed by atoms with Gasteiger partial charge in [0.1, 0.15) is 0 Å². The van der Waals surface area contributed by atoms with Crippen LogP contribution in [0.25, 0.3) is 0 Å². The molecule has 2 spiro atoms. The molecule has 0 aromatic carbocycles. The standard InChI is InChI=1S/C16H20O/c1-6-7(2)13-10-9-11(10)14-15(12(6)9)4-3-8(17)5-16(13,14)15/h3-4,6-14,17H,5H2,1-2H3/t6-,7+,8+,9-,10-,11+,12+,13+,14-,15+,16-/m1/s1. The third-order valence-electron chi connectivity index (χ3n) is 8.45. The van der Waals surface area contributed by atoms with Crippen LogP contribution >= 0.6 is 0 Å². The largest absolute Gasteiger partial charge is 0.389 e. The number of hydrogen-bond donors (Lipinski definition) is 1. The molecule has 17 heavy (non-hydrogen) atoms. The van der Waals surface area contributed by atoms with Crippen LogP contribution in [0, 0.1) is 58.2 Å². The van der Waals surface area contributed by atoms with Gasteiger partial charge in [0.15, 0.2) is 0 Å². The Morgan fingerprint density at radius 1 is 1.06 bits per heavy atom. The monoisotopic (exact) mass is 228 g/mol. The van der Waals surface area contributed by atoms with Crippen molar-refractivity contribution in [3.05, 3.63) is 12.2 Å². The second-order valence-electron chi connectivity index (χ2n) is 8.08. The van der Waals surface area contributed by atoms with E-state index in [2.05, 4.69) is 26.0 Å². The van der Waals surface area contributed by atoms with Gasteiger partial charge >= 0.3 is 0 Å². The summed E-state index contributed by atoms with van der Waals surface area (Å²) in [4.78, 5) is 0. The summed E-state index contributed by atoms with van der Waals surface area (Å²) in [6.45, 7) is 5.03. The lowest BCUT2D eigenvalue weighted by Crippen LogP contribution is -2.52. The normalized spacial score (nSPS) is 83.6. The van der Waals surface area contributed by atoms with Crippen molar-refractivity contribution in [3.8, 4) is 0 Å². The highest BCUT2D eigenvalue weighted by Gasteiger charge is 3.01. The van der Waals surface area contributed by atoms with Crippen LogP contribution in [0.15, 0.2) is 12.2 Å². The Hall–Kier alpha value is -0.300. The Bertz CT molecular complexity index is 496. The molecule has 7 aliphatic carbocycles. The summed E-state index contributed by atoms with van der Waals surface area (Å²) in [7, 11) is 0. The van der Waals surface area contributed by atoms with E-state index in [0.29, 0.717) is 10.8 Å². The number of rotatable bonds is 0. The van der Waals surface area contributed by atoms with Crippen molar-refractivity contribution in [3.63, 3.8) is 0 Å². The minimum absolute atomic E-state index is 0.133. The molecule has 1 heteroatoms. The van der Waals surface area contributed by atoms with Crippen molar-refractivity contribution >= 4 is 0 Å². The predicted molar refractivity (Wildman–Crippen MR) is 63.9 cm³/mol. The minimum Gasteiger partial charge on any atom is -0.389 e. The van der Waals surface area contributed by atoms with Crippen molar-refractivity contribution in [2.45, 2.75) is 26.4 Å². The highest BCUT2D eigenvalue weighted by Crippen LogP contribution is 3.04. The maximum absolute atomic E-state index is 10.1. The van der Waals surface area contributed by atoms with Gasteiger partial charge in [-0.3, -0.25) is 0 Å². The van der Waals surface area contributed by atoms with Gasteiger partial charge in [-0.1, -0.05) is 26.0 Å². The van der Waals surface area contributed by atoms with Crippen LogP contribution in [0.1, 0.15) is 20.3 Å². The van der Waals surface area contributed by atoms with E-state index in [1.54, 1.807) is 0 Å². The molecule has 7 rings (SSSR count). The first-order chi connectivity index (χ1) is 8.16. The Labute approximate surface area is 102 Å². The number of allylic oxidation sites excluding steroid dienone is 1. The zero-order chi connectivity index (χ0) is 11.3. The highest BCUT2D eigenvalue weighted by atomic mass is 16.3. The topological polar surface area (TPSA) is 20.2 Å². The fourth-order valence-corrected chi connectivity index (χ4v) is 8.52. The third kappa shape index (κ3) is 0.514. The molecule has 0 unspecified atom stereocenters. The fraction of sp³-hybridized carbons (Fsp3) is 0.875. The molecule has 0 radical (unpaired) electrons. The third-order valence-corrected chi connectivity index (χ3v) is 8.45. The van der Waals surface area contributed by atoms with Crippen LogP contribution in [-0.4, -0.2) is 11.2 Å². The second kappa shape index (κ2) is 1.95. The first-order valence-electron chi connectivity index (χ1n) is 7.53. The number of hydrogen-bond acceptors (Lipinski definition) is 1. The number of aliphatic hydroxyl groups excluding tert-OH is 1. The maximum Gasteiger partial charge on any atom is 0.0726 e. The number of aliphatic hydroxyl groups is 1. The van der Waals surface area contributed by atoms with Crippen molar-refractivity contribution in [2.75, 3.05) is 0 Å². The molecule has 0 saturated heterocycles. The Balaban J connectivity index is 1.66. The van der Waals surface area contributed by atoms with Crippen LogP contribution in [-0.2, 0) is 0 Å². The second-order valence-corrected chi connectivity index (χ2v) is 8.08. The summed E-state index contributed by atoms with van der Waals surface area (Å²) in [5, 5.41) is 10.1. The zero-order valence-corrected chi connectivity index (χ0v) is 10.5. The van der Waals surface area contributed by atoms with Crippen molar-refractivity contribution in [1.29, 1.82) is 0 Å². The molecule has 6 fully saturated rings.